The molecule has 1 aromatic carbocycles. The number of ether oxygens (including phenoxy) is 1. The lowest BCUT2D eigenvalue weighted by molar-refractivity contribution is -0.139. The minimum absolute atomic E-state index is 0.0662. The van der Waals surface area contributed by atoms with Crippen LogP contribution < -0.4 is 10.5 Å². The summed E-state index contributed by atoms with van der Waals surface area (Å²) < 4.78 is 30.1. The molecule has 0 aromatic heterocycles. The molecule has 0 aliphatic carbocycles. The number of hydrogen-bond acceptors (Lipinski definition) is 5. The van der Waals surface area contributed by atoms with Crippen LogP contribution in [0.15, 0.2) is 23.1 Å². The Hall–Kier alpha value is -1.22. The highest BCUT2D eigenvalue weighted by Gasteiger charge is 2.17. The van der Waals surface area contributed by atoms with Gasteiger partial charge >= 0.3 is 5.97 Å². The van der Waals surface area contributed by atoms with E-state index in [1.54, 1.807) is 0 Å². The molecule has 0 bridgehead atoms. The molecule has 0 aliphatic rings. The topological polar surface area (TPSA) is 98.5 Å². The number of esters is 1. The summed E-state index contributed by atoms with van der Waals surface area (Å²) in [5.41, 5.74) is 5.79. The van der Waals surface area contributed by atoms with E-state index in [2.05, 4.69) is 9.46 Å². The standard InChI is InChI=1S/C10H11ClN2O4S2/c1-17-9(14)5-13-19(15,16)6-2-3-7(10(12)18)8(11)4-6/h2-4,13H,5H2,1H3,(H2,12,18). The Morgan fingerprint density at radius 3 is 2.63 bits per heavy atom. The monoisotopic (exact) mass is 322 g/mol. The van der Waals surface area contributed by atoms with E-state index in [-0.39, 0.29) is 14.9 Å². The van der Waals surface area contributed by atoms with Gasteiger partial charge in [-0.3, -0.25) is 4.79 Å². The predicted octanol–water partition coefficient (Wildman–Crippen LogP) is 0.426. The first-order valence-electron chi connectivity index (χ1n) is 4.94. The molecule has 6 nitrogen and oxygen atoms in total. The van der Waals surface area contributed by atoms with Gasteiger partial charge in [-0.1, -0.05) is 23.8 Å². The van der Waals surface area contributed by atoms with Crippen LogP contribution in [0.25, 0.3) is 0 Å². The molecule has 0 fully saturated rings. The van der Waals surface area contributed by atoms with Crippen LogP contribution in [0, 0.1) is 0 Å². The number of nitrogens with two attached hydrogens (primary N) is 1. The Kier molecular flexibility index (Phi) is 5.24. The molecule has 1 aromatic rings. The molecule has 0 spiro atoms. The molecule has 0 unspecified atom stereocenters. The van der Waals surface area contributed by atoms with E-state index in [0.717, 1.165) is 7.11 Å². The number of halogens is 1. The van der Waals surface area contributed by atoms with Gasteiger partial charge < -0.3 is 10.5 Å². The number of rotatable bonds is 5. The minimum Gasteiger partial charge on any atom is -0.468 e. The van der Waals surface area contributed by atoms with E-state index < -0.39 is 22.5 Å². The minimum atomic E-state index is -3.85. The van der Waals surface area contributed by atoms with Crippen molar-refractivity contribution in [3.05, 3.63) is 28.8 Å². The van der Waals surface area contributed by atoms with Crippen molar-refractivity contribution in [2.75, 3.05) is 13.7 Å². The maximum absolute atomic E-state index is 11.8. The number of thiocarbonyl (C=S) groups is 1. The summed E-state index contributed by atoms with van der Waals surface area (Å²) in [7, 11) is -2.69. The predicted molar refractivity (Wildman–Crippen MR) is 74.5 cm³/mol. The first kappa shape index (κ1) is 15.8. The van der Waals surface area contributed by atoms with Gasteiger partial charge in [0, 0.05) is 5.56 Å². The Morgan fingerprint density at radius 2 is 2.16 bits per heavy atom. The van der Waals surface area contributed by atoms with E-state index in [0.29, 0.717) is 5.56 Å². The first-order chi connectivity index (χ1) is 8.77. The fourth-order valence-corrected chi connectivity index (χ4v) is 2.75. The van der Waals surface area contributed by atoms with Crippen LogP contribution in [0.1, 0.15) is 5.56 Å². The van der Waals surface area contributed by atoms with Crippen molar-refractivity contribution in [2.24, 2.45) is 5.73 Å². The fraction of sp³-hybridized carbons (Fsp3) is 0.200. The van der Waals surface area contributed by atoms with Gasteiger partial charge in [-0.15, -0.1) is 0 Å². The highest BCUT2D eigenvalue weighted by atomic mass is 35.5. The number of carbonyl (C=O) groups excluding carboxylic acids is 1. The number of sulfonamides is 1. The smallest absolute Gasteiger partial charge is 0.320 e. The molecule has 3 N–H and O–H groups in total. The quantitative estimate of drug-likeness (QED) is 0.602. The highest BCUT2D eigenvalue weighted by Crippen LogP contribution is 2.20. The van der Waals surface area contributed by atoms with Gasteiger partial charge in [0.15, 0.2) is 0 Å². The summed E-state index contributed by atoms with van der Waals surface area (Å²) in [5.74, 6) is -0.700. The van der Waals surface area contributed by atoms with Crippen LogP contribution in [0.2, 0.25) is 5.02 Å². The molecule has 0 atom stereocenters. The third-order valence-corrected chi connectivity index (χ3v) is 4.08. The van der Waals surface area contributed by atoms with E-state index >= 15 is 0 Å². The lowest BCUT2D eigenvalue weighted by Gasteiger charge is -2.08. The molecule has 19 heavy (non-hydrogen) atoms. The number of carbonyl (C=O) groups is 1. The second-order valence-corrected chi connectivity index (χ2v) is 6.02. The zero-order valence-corrected chi connectivity index (χ0v) is 12.2. The largest absolute Gasteiger partial charge is 0.468 e. The van der Waals surface area contributed by atoms with Gasteiger partial charge in [0.1, 0.15) is 11.5 Å². The number of methoxy groups -OCH3 is 1. The SMILES string of the molecule is COC(=O)CNS(=O)(=O)c1ccc(C(N)=S)c(Cl)c1. The Bertz CT molecular complexity index is 616. The molecule has 0 heterocycles. The maximum Gasteiger partial charge on any atom is 0.320 e. The molecular formula is C10H11ClN2O4S2. The average Bonchev–Trinajstić information content (AvgIpc) is 2.35. The summed E-state index contributed by atoms with van der Waals surface area (Å²) in [6, 6.07) is 3.90. The van der Waals surface area contributed by atoms with Crippen LogP contribution in [0.5, 0.6) is 0 Å². The van der Waals surface area contributed by atoms with E-state index in [9.17, 15) is 13.2 Å². The van der Waals surface area contributed by atoms with Crippen molar-refractivity contribution >= 4 is 44.8 Å². The molecule has 0 saturated heterocycles. The van der Waals surface area contributed by atoms with E-state index in [1.807, 2.05) is 0 Å². The lowest BCUT2D eigenvalue weighted by Crippen LogP contribution is -2.30. The zero-order valence-electron chi connectivity index (χ0n) is 9.84. The number of hydrogen-bond donors (Lipinski definition) is 2. The molecule has 1 rings (SSSR count). The summed E-state index contributed by atoms with van der Waals surface area (Å²) in [6.07, 6.45) is 0. The molecule has 0 amide bonds. The summed E-state index contributed by atoms with van der Waals surface area (Å²) in [4.78, 5) is 10.9. The lowest BCUT2D eigenvalue weighted by atomic mass is 10.2. The van der Waals surface area contributed by atoms with Crippen molar-refractivity contribution in [3.63, 3.8) is 0 Å². The van der Waals surface area contributed by atoms with Crippen molar-refractivity contribution in [3.8, 4) is 0 Å². The van der Waals surface area contributed by atoms with Crippen molar-refractivity contribution in [2.45, 2.75) is 4.90 Å². The molecule has 9 heteroatoms. The summed E-state index contributed by atoms with van der Waals surface area (Å²) in [6.45, 7) is -0.465. The van der Waals surface area contributed by atoms with Gasteiger partial charge in [0.05, 0.1) is 17.0 Å². The second kappa shape index (κ2) is 6.29. The van der Waals surface area contributed by atoms with Gasteiger partial charge in [-0.05, 0) is 18.2 Å². The normalized spacial score (nSPS) is 11.1. The molecule has 104 valence electrons. The highest BCUT2D eigenvalue weighted by molar-refractivity contribution is 7.89. The molecular weight excluding hydrogens is 312 g/mol. The fourth-order valence-electron chi connectivity index (χ4n) is 1.17. The summed E-state index contributed by atoms with van der Waals surface area (Å²) in [5, 5.41) is 0.119. The van der Waals surface area contributed by atoms with Gasteiger partial charge in [0.25, 0.3) is 0 Å². The van der Waals surface area contributed by atoms with Crippen LogP contribution in [-0.2, 0) is 19.6 Å². The Morgan fingerprint density at radius 1 is 1.53 bits per heavy atom. The van der Waals surface area contributed by atoms with Gasteiger partial charge in [0.2, 0.25) is 10.0 Å². The number of benzene rings is 1. The Balaban J connectivity index is 3.00. The Labute approximate surface area is 120 Å². The van der Waals surface area contributed by atoms with Gasteiger partial charge in [-0.25, -0.2) is 8.42 Å². The second-order valence-electron chi connectivity index (χ2n) is 3.41. The zero-order chi connectivity index (χ0) is 14.6. The van der Waals surface area contributed by atoms with Crippen molar-refractivity contribution in [1.29, 1.82) is 0 Å². The van der Waals surface area contributed by atoms with Crippen LogP contribution in [-0.4, -0.2) is 33.0 Å². The molecule has 0 radical (unpaired) electrons. The average molecular weight is 323 g/mol. The molecule has 0 aliphatic heterocycles. The van der Waals surface area contributed by atoms with Crippen molar-refractivity contribution < 1.29 is 17.9 Å². The third kappa shape index (κ3) is 4.13. The van der Waals surface area contributed by atoms with Crippen LogP contribution in [0.4, 0.5) is 0 Å². The van der Waals surface area contributed by atoms with Crippen molar-refractivity contribution in [1.82, 2.24) is 4.72 Å². The maximum atomic E-state index is 11.8. The van der Waals surface area contributed by atoms with Crippen LogP contribution in [0.3, 0.4) is 0 Å². The summed E-state index contributed by atoms with van der Waals surface area (Å²) >= 11 is 10.6. The van der Waals surface area contributed by atoms with Gasteiger partial charge in [-0.2, -0.15) is 4.72 Å². The number of nitrogens with one attached hydrogen (secondary N) is 1. The van der Waals surface area contributed by atoms with E-state index in [4.69, 9.17) is 29.6 Å². The van der Waals surface area contributed by atoms with Crippen LogP contribution >= 0.6 is 23.8 Å². The first-order valence-corrected chi connectivity index (χ1v) is 7.20. The third-order valence-electron chi connectivity index (χ3n) is 2.15. The van der Waals surface area contributed by atoms with E-state index in [1.165, 1.54) is 18.2 Å². The molecule has 0 saturated carbocycles.